The second-order valence-electron chi connectivity index (χ2n) is 10.6. The first-order chi connectivity index (χ1) is 19.2. The average molecular weight is 565 g/mol. The van der Waals surface area contributed by atoms with E-state index >= 15 is 0 Å². The third kappa shape index (κ3) is 5.39. The highest BCUT2D eigenvalue weighted by molar-refractivity contribution is 6.32. The van der Waals surface area contributed by atoms with Gasteiger partial charge in [-0.3, -0.25) is 4.90 Å². The molecular weight excluding hydrogens is 534 g/mol. The molecular formula is C32H31ClF2N2O3. The summed E-state index contributed by atoms with van der Waals surface area (Å²) in [5.74, 6) is 1.76. The molecule has 0 saturated carbocycles. The number of alkyl halides is 2. The predicted octanol–water partition coefficient (Wildman–Crippen LogP) is 8.03. The number of nitriles is 1. The Morgan fingerprint density at radius 1 is 1.18 bits per heavy atom. The SMILES string of the molecule is CC1=C(c2cc(O)ccc2Cl)C(c2ccc(OC[C@H](C)N3CC[C@@H](C)C3)cc2)Oc2ccc(C(F)F)c(C#N)c21. The Labute approximate surface area is 238 Å². The molecule has 1 N–H and O–H groups in total. The first-order valence-corrected chi connectivity index (χ1v) is 13.7. The lowest BCUT2D eigenvalue weighted by Gasteiger charge is -2.32. The molecule has 3 aromatic rings. The number of likely N-dealkylation sites (tertiary alicyclic amines) is 1. The Morgan fingerprint density at radius 3 is 2.58 bits per heavy atom. The van der Waals surface area contributed by atoms with E-state index in [-0.39, 0.29) is 16.9 Å². The summed E-state index contributed by atoms with van der Waals surface area (Å²) in [7, 11) is 0. The van der Waals surface area contributed by atoms with Gasteiger partial charge in [-0.2, -0.15) is 5.26 Å². The number of nitrogens with zero attached hydrogens (tertiary/aromatic N) is 2. The predicted molar refractivity (Wildman–Crippen MR) is 152 cm³/mol. The third-order valence-corrected chi connectivity index (χ3v) is 8.15. The minimum absolute atomic E-state index is 0.00338. The van der Waals surface area contributed by atoms with E-state index in [1.165, 1.54) is 30.7 Å². The number of hydrogen-bond donors (Lipinski definition) is 1. The fourth-order valence-electron chi connectivity index (χ4n) is 5.62. The Bertz CT molecular complexity index is 1480. The quantitative estimate of drug-likeness (QED) is 0.315. The molecule has 5 rings (SSSR count). The molecule has 2 aliphatic heterocycles. The van der Waals surface area contributed by atoms with Crippen LogP contribution in [0.5, 0.6) is 17.2 Å². The average Bonchev–Trinajstić information content (AvgIpc) is 3.39. The monoisotopic (exact) mass is 564 g/mol. The fraction of sp³-hybridized carbons (Fsp3) is 0.344. The molecule has 2 heterocycles. The van der Waals surface area contributed by atoms with E-state index in [9.17, 15) is 19.1 Å². The zero-order chi connectivity index (χ0) is 28.6. The van der Waals surface area contributed by atoms with Crippen LogP contribution >= 0.6 is 11.6 Å². The lowest BCUT2D eigenvalue weighted by molar-refractivity contribution is 0.151. The van der Waals surface area contributed by atoms with Gasteiger partial charge in [0.15, 0.2) is 0 Å². The number of fused-ring (bicyclic) bond motifs is 1. The van der Waals surface area contributed by atoms with Gasteiger partial charge in [-0.25, -0.2) is 8.78 Å². The number of phenols is 1. The molecule has 208 valence electrons. The highest BCUT2D eigenvalue weighted by atomic mass is 35.5. The molecule has 0 aliphatic carbocycles. The van der Waals surface area contributed by atoms with Crippen LogP contribution in [0.1, 0.15) is 67.5 Å². The van der Waals surface area contributed by atoms with Gasteiger partial charge in [0, 0.05) is 39.9 Å². The van der Waals surface area contributed by atoms with Gasteiger partial charge in [0.05, 0.1) is 5.56 Å². The van der Waals surface area contributed by atoms with Gasteiger partial charge in [0.25, 0.3) is 6.43 Å². The van der Waals surface area contributed by atoms with Crippen LogP contribution in [-0.4, -0.2) is 35.7 Å². The Kier molecular flexibility index (Phi) is 8.02. The molecule has 40 heavy (non-hydrogen) atoms. The Hall–Kier alpha value is -3.60. The number of halogens is 3. The molecule has 0 spiro atoms. The molecule has 1 unspecified atom stereocenters. The number of aromatic hydroxyl groups is 1. The zero-order valence-corrected chi connectivity index (χ0v) is 23.4. The summed E-state index contributed by atoms with van der Waals surface area (Å²) in [4.78, 5) is 2.44. The van der Waals surface area contributed by atoms with Crippen LogP contribution in [0.25, 0.3) is 11.1 Å². The van der Waals surface area contributed by atoms with Crippen LogP contribution in [-0.2, 0) is 0 Å². The number of benzene rings is 3. The summed E-state index contributed by atoms with van der Waals surface area (Å²) < 4.78 is 40.0. The second-order valence-corrected chi connectivity index (χ2v) is 11.0. The van der Waals surface area contributed by atoms with E-state index < -0.39 is 12.5 Å². The van der Waals surface area contributed by atoms with Crippen molar-refractivity contribution in [3.8, 4) is 23.3 Å². The maximum atomic E-state index is 13.8. The molecule has 3 aromatic carbocycles. The maximum Gasteiger partial charge on any atom is 0.265 e. The smallest absolute Gasteiger partial charge is 0.265 e. The number of allylic oxidation sites excluding steroid dienone is 1. The molecule has 0 amide bonds. The lowest BCUT2D eigenvalue weighted by Crippen LogP contribution is -2.35. The molecule has 5 nitrogen and oxygen atoms in total. The summed E-state index contributed by atoms with van der Waals surface area (Å²) in [6, 6.07) is 17.1. The van der Waals surface area contributed by atoms with Gasteiger partial charge >= 0.3 is 0 Å². The first kappa shape index (κ1) is 27.9. The van der Waals surface area contributed by atoms with E-state index in [4.69, 9.17) is 21.1 Å². The number of hydrogen-bond acceptors (Lipinski definition) is 5. The van der Waals surface area contributed by atoms with Crippen molar-refractivity contribution in [2.24, 2.45) is 5.92 Å². The van der Waals surface area contributed by atoms with E-state index in [1.807, 2.05) is 30.3 Å². The van der Waals surface area contributed by atoms with Gasteiger partial charge in [0.2, 0.25) is 0 Å². The summed E-state index contributed by atoms with van der Waals surface area (Å²) in [5.41, 5.74) is 2.25. The van der Waals surface area contributed by atoms with Gasteiger partial charge in [-0.1, -0.05) is 30.7 Å². The van der Waals surface area contributed by atoms with Gasteiger partial charge in [0.1, 0.15) is 36.0 Å². The molecule has 2 aliphatic rings. The Morgan fingerprint density at radius 2 is 1.93 bits per heavy atom. The summed E-state index contributed by atoms with van der Waals surface area (Å²) in [5, 5.41) is 20.5. The molecule has 3 atom stereocenters. The minimum Gasteiger partial charge on any atom is -0.508 e. The van der Waals surface area contributed by atoms with Crippen LogP contribution in [0, 0.1) is 17.2 Å². The van der Waals surface area contributed by atoms with Crippen molar-refractivity contribution in [2.75, 3.05) is 19.7 Å². The topological polar surface area (TPSA) is 65.7 Å². The summed E-state index contributed by atoms with van der Waals surface area (Å²) in [6.45, 7) is 8.95. The van der Waals surface area contributed by atoms with Crippen molar-refractivity contribution in [3.63, 3.8) is 0 Å². The molecule has 0 aromatic heterocycles. The van der Waals surface area contributed by atoms with Crippen molar-refractivity contribution < 1.29 is 23.4 Å². The highest BCUT2D eigenvalue weighted by Gasteiger charge is 2.34. The minimum atomic E-state index is -2.82. The second kappa shape index (κ2) is 11.5. The van der Waals surface area contributed by atoms with Crippen LogP contribution in [0.4, 0.5) is 8.78 Å². The van der Waals surface area contributed by atoms with Gasteiger partial charge < -0.3 is 14.6 Å². The molecule has 8 heteroatoms. The first-order valence-electron chi connectivity index (χ1n) is 13.4. The Balaban J connectivity index is 1.51. The number of ether oxygens (including phenoxy) is 2. The van der Waals surface area contributed by atoms with Crippen LogP contribution in [0.15, 0.2) is 54.6 Å². The van der Waals surface area contributed by atoms with Crippen LogP contribution < -0.4 is 9.47 Å². The van der Waals surface area contributed by atoms with Crippen LogP contribution in [0.3, 0.4) is 0 Å². The van der Waals surface area contributed by atoms with Crippen molar-refractivity contribution >= 4 is 22.7 Å². The largest absolute Gasteiger partial charge is 0.508 e. The van der Waals surface area contributed by atoms with E-state index in [2.05, 4.69) is 18.7 Å². The maximum absolute atomic E-state index is 13.8. The fourth-order valence-corrected chi connectivity index (χ4v) is 5.84. The van der Waals surface area contributed by atoms with Crippen molar-refractivity contribution in [2.45, 2.75) is 45.8 Å². The van der Waals surface area contributed by atoms with Crippen molar-refractivity contribution in [1.82, 2.24) is 4.90 Å². The molecule has 0 bridgehead atoms. The van der Waals surface area contributed by atoms with E-state index in [1.54, 1.807) is 13.0 Å². The third-order valence-electron chi connectivity index (χ3n) is 7.83. The molecule has 1 fully saturated rings. The number of rotatable bonds is 7. The van der Waals surface area contributed by atoms with E-state index in [0.717, 1.165) is 24.4 Å². The normalized spacial score (nSPS) is 19.8. The zero-order valence-electron chi connectivity index (χ0n) is 22.6. The standard InChI is InChI=1S/C32H31ClF2N2O3/c1-18-12-13-37(16-18)19(2)17-39-23-7-4-21(5-8-23)31-30(25-14-22(38)6-10-27(25)33)20(3)29-26(15-36)24(32(34)35)9-11-28(29)40-31/h4-11,14,18-19,31-32,38H,12-13,16-17H2,1-3H3/t18-,19+,31?/m1/s1. The highest BCUT2D eigenvalue weighted by Crippen LogP contribution is 2.50. The van der Waals surface area contributed by atoms with Crippen LogP contribution in [0.2, 0.25) is 5.02 Å². The van der Waals surface area contributed by atoms with Crippen molar-refractivity contribution in [3.05, 3.63) is 87.4 Å². The van der Waals surface area contributed by atoms with Gasteiger partial charge in [-0.15, -0.1) is 0 Å². The van der Waals surface area contributed by atoms with Crippen molar-refractivity contribution in [1.29, 1.82) is 5.26 Å². The lowest BCUT2D eigenvalue weighted by atomic mass is 9.83. The molecule has 0 radical (unpaired) electrons. The number of phenolic OH excluding ortho intramolecular Hbond substituents is 1. The summed E-state index contributed by atoms with van der Waals surface area (Å²) >= 11 is 6.58. The van der Waals surface area contributed by atoms with E-state index in [0.29, 0.717) is 51.6 Å². The van der Waals surface area contributed by atoms with Gasteiger partial charge in [-0.05, 0) is 86.3 Å². The molecule has 1 saturated heterocycles. The summed E-state index contributed by atoms with van der Waals surface area (Å²) in [6.07, 6.45) is -2.28.